The first-order valence-corrected chi connectivity index (χ1v) is 12.1. The van der Waals surface area contributed by atoms with Gasteiger partial charge >= 0.3 is 0 Å². The van der Waals surface area contributed by atoms with Crippen molar-refractivity contribution in [2.75, 3.05) is 46.4 Å². The van der Waals surface area contributed by atoms with Crippen LogP contribution < -0.4 is 10.1 Å². The molecule has 0 aromatic heterocycles. The second-order valence-electron chi connectivity index (χ2n) is 7.96. The van der Waals surface area contributed by atoms with Crippen molar-refractivity contribution in [3.63, 3.8) is 0 Å². The van der Waals surface area contributed by atoms with Gasteiger partial charge in [-0.1, -0.05) is 25.7 Å². The molecule has 1 amide bonds. The third-order valence-electron chi connectivity index (χ3n) is 6.03. The summed E-state index contributed by atoms with van der Waals surface area (Å²) in [5.41, 5.74) is 0. The maximum atomic E-state index is 12.8. The Bertz CT molecular complexity index is 753. The fourth-order valence-corrected chi connectivity index (χ4v) is 5.59. The number of amides is 1. The monoisotopic (exact) mass is 423 g/mol. The third kappa shape index (κ3) is 6.17. The van der Waals surface area contributed by atoms with Crippen LogP contribution in [0.1, 0.15) is 38.5 Å². The number of sulfonamides is 1. The lowest BCUT2D eigenvalue weighted by atomic mass is 10.0. The van der Waals surface area contributed by atoms with E-state index in [4.69, 9.17) is 4.74 Å². The molecule has 162 valence electrons. The van der Waals surface area contributed by atoms with Gasteiger partial charge in [0.25, 0.3) is 0 Å². The van der Waals surface area contributed by atoms with Gasteiger partial charge in [-0.05, 0) is 36.6 Å². The lowest BCUT2D eigenvalue weighted by Gasteiger charge is -2.34. The Labute approximate surface area is 174 Å². The van der Waals surface area contributed by atoms with Crippen molar-refractivity contribution >= 4 is 15.9 Å². The SMILES string of the molecule is COc1ccc(S(=O)(=O)N2CCN(CCNC(=O)CCC3CCCC3)CC2)cc1. The number of piperazine rings is 1. The summed E-state index contributed by atoms with van der Waals surface area (Å²) in [6.07, 6.45) is 6.80. The third-order valence-corrected chi connectivity index (χ3v) is 7.95. The van der Waals surface area contributed by atoms with Crippen LogP contribution in [0.15, 0.2) is 29.2 Å². The average molecular weight is 424 g/mol. The molecular formula is C21H33N3O4S. The average Bonchev–Trinajstić information content (AvgIpc) is 3.26. The summed E-state index contributed by atoms with van der Waals surface area (Å²) in [4.78, 5) is 14.5. The first kappa shape index (κ1) is 22.1. The predicted molar refractivity (Wildman–Crippen MR) is 112 cm³/mol. The molecule has 2 fully saturated rings. The maximum absolute atomic E-state index is 12.8. The van der Waals surface area contributed by atoms with Gasteiger partial charge in [-0.25, -0.2) is 8.42 Å². The van der Waals surface area contributed by atoms with Gasteiger partial charge in [0, 0.05) is 45.7 Å². The smallest absolute Gasteiger partial charge is 0.243 e. The van der Waals surface area contributed by atoms with E-state index >= 15 is 0 Å². The molecule has 3 rings (SSSR count). The fraction of sp³-hybridized carbons (Fsp3) is 0.667. The number of ether oxygens (including phenoxy) is 1. The molecule has 1 aromatic carbocycles. The molecule has 0 bridgehead atoms. The number of hydrogen-bond acceptors (Lipinski definition) is 5. The van der Waals surface area contributed by atoms with E-state index in [1.165, 1.54) is 30.0 Å². The number of nitrogens with zero attached hydrogens (tertiary/aromatic N) is 2. The Kier molecular flexibility index (Phi) is 7.91. The lowest BCUT2D eigenvalue weighted by molar-refractivity contribution is -0.121. The highest BCUT2D eigenvalue weighted by Crippen LogP contribution is 2.28. The molecular weight excluding hydrogens is 390 g/mol. The summed E-state index contributed by atoms with van der Waals surface area (Å²) in [5.74, 6) is 1.51. The largest absolute Gasteiger partial charge is 0.497 e. The quantitative estimate of drug-likeness (QED) is 0.658. The zero-order chi connectivity index (χ0) is 20.7. The van der Waals surface area contributed by atoms with Crippen molar-refractivity contribution in [1.29, 1.82) is 0 Å². The van der Waals surface area contributed by atoms with E-state index in [1.54, 1.807) is 31.4 Å². The predicted octanol–water partition coefficient (Wildman–Crippen LogP) is 2.09. The summed E-state index contributed by atoms with van der Waals surface area (Å²) in [6.45, 7) is 3.65. The molecule has 1 saturated carbocycles. The summed E-state index contributed by atoms with van der Waals surface area (Å²) < 4.78 is 32.2. The molecule has 1 heterocycles. The van der Waals surface area contributed by atoms with Gasteiger partial charge < -0.3 is 10.1 Å². The van der Waals surface area contributed by atoms with Crippen LogP contribution in [0.5, 0.6) is 5.75 Å². The van der Waals surface area contributed by atoms with Crippen LogP contribution in [0.3, 0.4) is 0 Å². The number of carbonyl (C=O) groups is 1. The zero-order valence-corrected chi connectivity index (χ0v) is 18.1. The van der Waals surface area contributed by atoms with Gasteiger partial charge in [-0.15, -0.1) is 0 Å². The van der Waals surface area contributed by atoms with Crippen LogP contribution in [-0.4, -0.2) is 69.9 Å². The summed E-state index contributed by atoms with van der Waals surface area (Å²) in [5, 5.41) is 3.01. The number of rotatable bonds is 9. The van der Waals surface area contributed by atoms with E-state index < -0.39 is 10.0 Å². The van der Waals surface area contributed by atoms with E-state index in [9.17, 15) is 13.2 Å². The number of benzene rings is 1. The topological polar surface area (TPSA) is 79.0 Å². The highest BCUT2D eigenvalue weighted by molar-refractivity contribution is 7.89. The first-order chi connectivity index (χ1) is 14.0. The molecule has 2 aliphatic rings. The molecule has 1 aromatic rings. The number of hydrogen-bond donors (Lipinski definition) is 1. The highest BCUT2D eigenvalue weighted by atomic mass is 32.2. The van der Waals surface area contributed by atoms with Crippen LogP contribution in [0, 0.1) is 5.92 Å². The first-order valence-electron chi connectivity index (χ1n) is 10.6. The number of carbonyl (C=O) groups excluding carboxylic acids is 1. The maximum Gasteiger partial charge on any atom is 0.243 e. The number of nitrogens with one attached hydrogen (secondary N) is 1. The van der Waals surface area contributed by atoms with Crippen LogP contribution in [0.4, 0.5) is 0 Å². The Morgan fingerprint density at radius 1 is 1.10 bits per heavy atom. The van der Waals surface area contributed by atoms with E-state index in [1.807, 2.05) is 0 Å². The van der Waals surface area contributed by atoms with Gasteiger partial charge in [-0.3, -0.25) is 9.69 Å². The van der Waals surface area contributed by atoms with Crippen molar-refractivity contribution < 1.29 is 17.9 Å². The van der Waals surface area contributed by atoms with Crippen LogP contribution in [-0.2, 0) is 14.8 Å². The Hall–Kier alpha value is -1.64. The van der Waals surface area contributed by atoms with Gasteiger partial charge in [0.05, 0.1) is 12.0 Å². The molecule has 0 spiro atoms. The van der Waals surface area contributed by atoms with E-state index in [0.717, 1.165) is 18.9 Å². The van der Waals surface area contributed by atoms with Crippen molar-refractivity contribution in [2.24, 2.45) is 5.92 Å². The Morgan fingerprint density at radius 3 is 2.38 bits per heavy atom. The highest BCUT2D eigenvalue weighted by Gasteiger charge is 2.28. The zero-order valence-electron chi connectivity index (χ0n) is 17.3. The van der Waals surface area contributed by atoms with Crippen LogP contribution in [0.25, 0.3) is 0 Å². The molecule has 1 N–H and O–H groups in total. The van der Waals surface area contributed by atoms with Gasteiger partial charge in [0.1, 0.15) is 5.75 Å². The fourth-order valence-electron chi connectivity index (χ4n) is 4.17. The molecule has 7 nitrogen and oxygen atoms in total. The molecule has 1 saturated heterocycles. The summed E-state index contributed by atoms with van der Waals surface area (Å²) in [7, 11) is -1.92. The summed E-state index contributed by atoms with van der Waals surface area (Å²) in [6, 6.07) is 6.50. The second kappa shape index (κ2) is 10.4. The molecule has 8 heteroatoms. The van der Waals surface area contributed by atoms with E-state index in [-0.39, 0.29) is 5.91 Å². The van der Waals surface area contributed by atoms with Crippen molar-refractivity contribution in [3.8, 4) is 5.75 Å². The molecule has 29 heavy (non-hydrogen) atoms. The Balaban J connectivity index is 1.36. The minimum atomic E-state index is -3.48. The van der Waals surface area contributed by atoms with Crippen LogP contribution >= 0.6 is 0 Å². The van der Waals surface area contributed by atoms with Crippen molar-refractivity contribution in [1.82, 2.24) is 14.5 Å². The number of methoxy groups -OCH3 is 1. The molecule has 0 radical (unpaired) electrons. The van der Waals surface area contributed by atoms with Crippen molar-refractivity contribution in [2.45, 2.75) is 43.4 Å². The Morgan fingerprint density at radius 2 is 1.76 bits per heavy atom. The van der Waals surface area contributed by atoms with Crippen molar-refractivity contribution in [3.05, 3.63) is 24.3 Å². The minimum Gasteiger partial charge on any atom is -0.497 e. The van der Waals surface area contributed by atoms with Gasteiger partial charge in [-0.2, -0.15) is 4.31 Å². The van der Waals surface area contributed by atoms with Gasteiger partial charge in [0.2, 0.25) is 15.9 Å². The molecule has 1 aliphatic heterocycles. The van der Waals surface area contributed by atoms with E-state index in [2.05, 4.69) is 10.2 Å². The minimum absolute atomic E-state index is 0.137. The molecule has 0 atom stereocenters. The van der Waals surface area contributed by atoms with Gasteiger partial charge in [0.15, 0.2) is 0 Å². The molecule has 0 unspecified atom stereocenters. The lowest BCUT2D eigenvalue weighted by Crippen LogP contribution is -2.50. The normalized spacial score (nSPS) is 19.3. The molecule has 1 aliphatic carbocycles. The van der Waals surface area contributed by atoms with Crippen LogP contribution in [0.2, 0.25) is 0 Å². The van der Waals surface area contributed by atoms with E-state index in [0.29, 0.717) is 49.8 Å². The standard InChI is InChI=1S/C21H33N3O4S/c1-28-19-7-9-20(10-8-19)29(26,27)24-16-14-23(15-17-24)13-12-22-21(25)11-6-18-4-2-3-5-18/h7-10,18H,2-6,11-17H2,1H3,(H,22,25). The summed E-state index contributed by atoms with van der Waals surface area (Å²) >= 11 is 0. The second-order valence-corrected chi connectivity index (χ2v) is 9.90.